The van der Waals surface area contributed by atoms with Gasteiger partial charge in [0.15, 0.2) is 0 Å². The Bertz CT molecular complexity index is 431. The molecule has 0 aromatic carbocycles. The van der Waals surface area contributed by atoms with E-state index in [4.69, 9.17) is 0 Å². The highest BCUT2D eigenvalue weighted by molar-refractivity contribution is 5.28. The van der Waals surface area contributed by atoms with Crippen LogP contribution in [0.5, 0.6) is 0 Å². The Hall–Kier alpha value is -0.890. The van der Waals surface area contributed by atoms with Crippen LogP contribution in [0.1, 0.15) is 64.0 Å². The van der Waals surface area contributed by atoms with Crippen molar-refractivity contribution in [3.63, 3.8) is 0 Å². The number of aryl methyl sites for hydroxylation is 1. The largest absolute Gasteiger partial charge is 0.385 e. The lowest BCUT2D eigenvalue weighted by atomic mass is 9.65. The first-order chi connectivity index (χ1) is 8.89. The molecule has 0 aliphatic heterocycles. The summed E-state index contributed by atoms with van der Waals surface area (Å²) in [5.74, 6) is 0.731. The second-order valence-corrected chi connectivity index (χ2v) is 6.84. The maximum absolute atomic E-state index is 10.9. The number of hydrogen-bond acceptors (Lipinski definition) is 2. The summed E-state index contributed by atoms with van der Waals surface area (Å²) in [6.07, 6.45) is 8.83. The predicted octanol–water partition coefficient (Wildman–Crippen LogP) is 4.20. The van der Waals surface area contributed by atoms with Crippen molar-refractivity contribution in [2.24, 2.45) is 11.3 Å². The molecule has 1 saturated carbocycles. The molecule has 1 heterocycles. The van der Waals surface area contributed by atoms with Gasteiger partial charge >= 0.3 is 0 Å². The highest BCUT2D eigenvalue weighted by atomic mass is 16.3. The van der Waals surface area contributed by atoms with Crippen LogP contribution in [0.3, 0.4) is 0 Å². The van der Waals surface area contributed by atoms with Crippen molar-refractivity contribution in [2.75, 3.05) is 0 Å². The van der Waals surface area contributed by atoms with Crippen LogP contribution in [0, 0.1) is 18.3 Å². The van der Waals surface area contributed by atoms with Crippen molar-refractivity contribution >= 4 is 0 Å². The molecule has 106 valence electrons. The number of rotatable bonds is 3. The quantitative estimate of drug-likeness (QED) is 0.884. The van der Waals surface area contributed by atoms with E-state index in [9.17, 15) is 5.11 Å². The van der Waals surface area contributed by atoms with Crippen molar-refractivity contribution in [2.45, 2.75) is 65.4 Å². The normalized spacial score (nSPS) is 28.4. The van der Waals surface area contributed by atoms with E-state index < -0.39 is 5.60 Å². The third-order valence-corrected chi connectivity index (χ3v) is 5.37. The van der Waals surface area contributed by atoms with Crippen LogP contribution in [-0.4, -0.2) is 10.1 Å². The molecule has 1 aromatic heterocycles. The fourth-order valence-corrected chi connectivity index (χ4v) is 3.39. The predicted molar refractivity (Wildman–Crippen MR) is 78.9 cm³/mol. The summed E-state index contributed by atoms with van der Waals surface area (Å²) in [5.41, 5.74) is 1.93. The minimum atomic E-state index is -0.654. The maximum Gasteiger partial charge on any atom is 0.0914 e. The van der Waals surface area contributed by atoms with Gasteiger partial charge in [-0.2, -0.15) is 0 Å². The molecule has 0 radical (unpaired) electrons. The molecular weight excluding hydrogens is 234 g/mol. The molecule has 0 amide bonds. The van der Waals surface area contributed by atoms with Crippen molar-refractivity contribution in [1.29, 1.82) is 0 Å². The molecule has 0 saturated heterocycles. The van der Waals surface area contributed by atoms with Crippen LogP contribution in [0.25, 0.3) is 0 Å². The second kappa shape index (κ2) is 5.24. The smallest absolute Gasteiger partial charge is 0.0914 e. The topological polar surface area (TPSA) is 33.1 Å². The first-order valence-corrected chi connectivity index (χ1v) is 7.52. The third kappa shape index (κ3) is 2.84. The molecule has 2 rings (SSSR count). The van der Waals surface area contributed by atoms with Gasteiger partial charge < -0.3 is 5.11 Å². The van der Waals surface area contributed by atoms with Crippen LogP contribution in [0.4, 0.5) is 0 Å². The summed E-state index contributed by atoms with van der Waals surface area (Å²) in [6.45, 7) is 9.05. The van der Waals surface area contributed by atoms with Gasteiger partial charge in [0.2, 0.25) is 0 Å². The summed E-state index contributed by atoms with van der Waals surface area (Å²) in [6, 6.07) is 2.00. The van der Waals surface area contributed by atoms with E-state index in [1.165, 1.54) is 6.42 Å². The molecule has 1 fully saturated rings. The highest BCUT2D eigenvalue weighted by Gasteiger charge is 2.40. The van der Waals surface area contributed by atoms with Crippen molar-refractivity contribution in [1.82, 2.24) is 4.98 Å². The molecule has 2 heteroatoms. The number of nitrogens with zero attached hydrogens (tertiary/aromatic N) is 1. The van der Waals surface area contributed by atoms with Gasteiger partial charge in [0.25, 0.3) is 0 Å². The molecule has 2 nitrogen and oxygen atoms in total. The average Bonchev–Trinajstić information content (AvgIpc) is 2.39. The summed E-state index contributed by atoms with van der Waals surface area (Å²) in [4.78, 5) is 4.19. The lowest BCUT2D eigenvalue weighted by Crippen LogP contribution is -2.36. The van der Waals surface area contributed by atoms with Gasteiger partial charge in [-0.05, 0) is 55.6 Å². The van der Waals surface area contributed by atoms with E-state index in [1.807, 2.05) is 12.3 Å². The number of aliphatic hydroxyl groups is 1. The second-order valence-electron chi connectivity index (χ2n) is 6.84. The lowest BCUT2D eigenvalue weighted by molar-refractivity contribution is -0.0334. The van der Waals surface area contributed by atoms with Crippen LogP contribution in [0.15, 0.2) is 18.5 Å². The molecule has 1 N–H and O–H groups in total. The first kappa shape index (κ1) is 14.5. The molecule has 0 bridgehead atoms. The van der Waals surface area contributed by atoms with E-state index in [2.05, 4.69) is 32.7 Å². The Morgan fingerprint density at radius 1 is 1.37 bits per heavy atom. The first-order valence-electron chi connectivity index (χ1n) is 7.52. The third-order valence-electron chi connectivity index (χ3n) is 5.37. The van der Waals surface area contributed by atoms with Crippen molar-refractivity contribution in [3.8, 4) is 0 Å². The van der Waals surface area contributed by atoms with Gasteiger partial charge in [-0.1, -0.05) is 27.2 Å². The van der Waals surface area contributed by atoms with Crippen molar-refractivity contribution < 1.29 is 5.11 Å². The van der Waals surface area contributed by atoms with E-state index in [0.29, 0.717) is 5.41 Å². The standard InChI is InChI=1S/C17H27NO/c1-5-16(3,4)14-6-9-17(19,10-7-14)15-12-18-11-8-13(15)2/h8,11-12,14,19H,5-7,9-10H2,1-4H3. The molecule has 0 spiro atoms. The van der Waals surface area contributed by atoms with Gasteiger partial charge in [0, 0.05) is 18.0 Å². The molecule has 1 aliphatic carbocycles. The molecule has 1 aromatic rings. The van der Waals surface area contributed by atoms with Gasteiger partial charge in [-0.3, -0.25) is 4.98 Å². The van der Waals surface area contributed by atoms with Gasteiger partial charge in [-0.25, -0.2) is 0 Å². The molecule has 1 aliphatic rings. The minimum Gasteiger partial charge on any atom is -0.385 e. The number of aromatic nitrogens is 1. The van der Waals surface area contributed by atoms with Crippen LogP contribution in [0.2, 0.25) is 0 Å². The van der Waals surface area contributed by atoms with Gasteiger partial charge in [-0.15, -0.1) is 0 Å². The fraction of sp³-hybridized carbons (Fsp3) is 0.706. The summed E-state index contributed by atoms with van der Waals surface area (Å²) in [5, 5.41) is 10.9. The fourth-order valence-electron chi connectivity index (χ4n) is 3.39. The molecule has 0 unspecified atom stereocenters. The van der Waals surface area contributed by atoms with Crippen LogP contribution in [-0.2, 0) is 5.60 Å². The zero-order chi connectivity index (χ0) is 14.1. The summed E-state index contributed by atoms with van der Waals surface area (Å²) in [7, 11) is 0. The molecule has 0 atom stereocenters. The summed E-state index contributed by atoms with van der Waals surface area (Å²) < 4.78 is 0. The Morgan fingerprint density at radius 2 is 2.00 bits per heavy atom. The van der Waals surface area contributed by atoms with Crippen LogP contribution >= 0.6 is 0 Å². The van der Waals surface area contributed by atoms with Crippen molar-refractivity contribution in [3.05, 3.63) is 29.6 Å². The average molecular weight is 261 g/mol. The molecular formula is C17H27NO. The maximum atomic E-state index is 10.9. The van der Waals surface area contributed by atoms with E-state index in [1.54, 1.807) is 6.20 Å². The Morgan fingerprint density at radius 3 is 2.53 bits per heavy atom. The van der Waals surface area contributed by atoms with E-state index in [-0.39, 0.29) is 0 Å². The Labute approximate surface area is 117 Å². The monoisotopic (exact) mass is 261 g/mol. The molecule has 19 heavy (non-hydrogen) atoms. The minimum absolute atomic E-state index is 0.394. The van der Waals surface area contributed by atoms with Gasteiger partial charge in [0.05, 0.1) is 5.60 Å². The van der Waals surface area contributed by atoms with E-state index in [0.717, 1.165) is 42.7 Å². The summed E-state index contributed by atoms with van der Waals surface area (Å²) >= 11 is 0. The zero-order valence-corrected chi connectivity index (χ0v) is 12.7. The SMILES string of the molecule is CCC(C)(C)C1CCC(O)(c2cnccc2C)CC1. The van der Waals surface area contributed by atoms with Gasteiger partial charge in [0.1, 0.15) is 0 Å². The Kier molecular flexibility index (Phi) is 4.00. The van der Waals surface area contributed by atoms with E-state index >= 15 is 0 Å². The number of hydrogen-bond donors (Lipinski definition) is 1. The zero-order valence-electron chi connectivity index (χ0n) is 12.7. The number of pyridine rings is 1. The highest BCUT2D eigenvalue weighted by Crippen LogP contribution is 2.47. The Balaban J connectivity index is 2.13. The lowest BCUT2D eigenvalue weighted by Gasteiger charge is -2.43. The van der Waals surface area contributed by atoms with Crippen LogP contribution < -0.4 is 0 Å².